The lowest BCUT2D eigenvalue weighted by Crippen LogP contribution is -2.27. The van der Waals surface area contributed by atoms with E-state index in [9.17, 15) is 15.0 Å². The maximum atomic E-state index is 12.2. The van der Waals surface area contributed by atoms with Crippen LogP contribution in [0.5, 0.6) is 0 Å². The average Bonchev–Trinajstić information content (AvgIpc) is 3.45. The van der Waals surface area contributed by atoms with Crippen LogP contribution in [0.1, 0.15) is 71.6 Å². The Kier molecular flexibility index (Phi) is 9.99. The highest BCUT2D eigenvalue weighted by Crippen LogP contribution is 2.47. The van der Waals surface area contributed by atoms with Crippen molar-refractivity contribution in [3.05, 3.63) is 23.8 Å². The number of amides is 1. The summed E-state index contributed by atoms with van der Waals surface area (Å²) in [4.78, 5) is 14.2. The Hall–Kier alpha value is -0.780. The van der Waals surface area contributed by atoms with Crippen LogP contribution in [-0.2, 0) is 4.79 Å². The first-order valence-electron chi connectivity index (χ1n) is 12.6. The van der Waals surface area contributed by atoms with Gasteiger partial charge in [0.05, 0.1) is 12.2 Å². The first-order chi connectivity index (χ1) is 15.0. The molecule has 0 aromatic carbocycles. The number of fused-ring (bicyclic) bond motifs is 1. The molecule has 1 amide bonds. The minimum atomic E-state index is -0.407. The molecule has 2 aliphatic carbocycles. The van der Waals surface area contributed by atoms with E-state index in [1.54, 1.807) is 0 Å². The smallest absolute Gasteiger partial charge is 0.223 e. The number of hydrogen-bond donors (Lipinski definition) is 2. The monoisotopic (exact) mass is 449 g/mol. The average molecular weight is 450 g/mol. The minimum Gasteiger partial charge on any atom is -0.392 e. The van der Waals surface area contributed by atoms with Gasteiger partial charge in [-0.3, -0.25) is 4.79 Å². The van der Waals surface area contributed by atoms with Crippen molar-refractivity contribution in [3.8, 4) is 0 Å². The van der Waals surface area contributed by atoms with E-state index in [0.717, 1.165) is 56.7 Å². The minimum absolute atomic E-state index is 0.154. The molecule has 176 valence electrons. The van der Waals surface area contributed by atoms with Gasteiger partial charge in [-0.05, 0) is 49.9 Å². The summed E-state index contributed by atoms with van der Waals surface area (Å²) in [6.07, 6.45) is 15.0. The Labute approximate surface area is 193 Å². The molecule has 3 aliphatic rings. The van der Waals surface area contributed by atoms with E-state index in [1.807, 2.05) is 22.7 Å². The van der Waals surface area contributed by atoms with Crippen molar-refractivity contribution >= 4 is 17.7 Å². The van der Waals surface area contributed by atoms with Gasteiger partial charge in [0.25, 0.3) is 0 Å². The van der Waals surface area contributed by atoms with E-state index in [1.165, 1.54) is 24.8 Å². The zero-order valence-corrected chi connectivity index (χ0v) is 20.4. The number of nitrogens with zero attached hydrogens (tertiary/aromatic N) is 1. The van der Waals surface area contributed by atoms with E-state index in [-0.39, 0.29) is 12.0 Å². The van der Waals surface area contributed by atoms with Gasteiger partial charge in [-0.25, -0.2) is 0 Å². The molecule has 1 heterocycles. The fraction of sp³-hybridized carbons (Fsp3) is 0.808. The largest absolute Gasteiger partial charge is 0.392 e. The summed E-state index contributed by atoms with van der Waals surface area (Å²) in [5.74, 6) is 3.85. The fourth-order valence-corrected chi connectivity index (χ4v) is 6.56. The van der Waals surface area contributed by atoms with E-state index in [2.05, 4.69) is 26.0 Å². The van der Waals surface area contributed by atoms with E-state index in [0.29, 0.717) is 30.1 Å². The Morgan fingerprint density at radius 2 is 2.13 bits per heavy atom. The Morgan fingerprint density at radius 3 is 2.87 bits per heavy atom. The molecule has 2 fully saturated rings. The van der Waals surface area contributed by atoms with Crippen LogP contribution in [0.25, 0.3) is 0 Å². The van der Waals surface area contributed by atoms with Crippen molar-refractivity contribution in [2.75, 3.05) is 24.6 Å². The molecular weight excluding hydrogens is 406 g/mol. The number of carbonyl (C=O) groups excluding carboxylic acids is 1. The number of allylic oxidation sites excluding steroid dienone is 1. The van der Waals surface area contributed by atoms with Crippen LogP contribution in [0.4, 0.5) is 0 Å². The van der Waals surface area contributed by atoms with Gasteiger partial charge < -0.3 is 15.1 Å². The predicted octanol–water partition coefficient (Wildman–Crippen LogP) is 4.81. The Balaban J connectivity index is 1.38. The van der Waals surface area contributed by atoms with Gasteiger partial charge in [-0.15, -0.1) is 0 Å². The molecule has 0 bridgehead atoms. The lowest BCUT2D eigenvalue weighted by molar-refractivity contribution is -0.129. The third kappa shape index (κ3) is 7.36. The maximum absolute atomic E-state index is 12.2. The topological polar surface area (TPSA) is 60.8 Å². The summed E-state index contributed by atoms with van der Waals surface area (Å²) in [6.45, 7) is 6.32. The fourth-order valence-electron chi connectivity index (χ4n) is 5.62. The van der Waals surface area contributed by atoms with Crippen molar-refractivity contribution in [2.24, 2.45) is 23.7 Å². The number of aliphatic hydroxyl groups is 2. The summed E-state index contributed by atoms with van der Waals surface area (Å²) < 4.78 is 0. The third-order valence-corrected chi connectivity index (χ3v) is 8.47. The number of aliphatic hydroxyl groups excluding tert-OH is 2. The highest BCUT2D eigenvalue weighted by molar-refractivity contribution is 7.99. The zero-order chi connectivity index (χ0) is 22.2. The summed E-state index contributed by atoms with van der Waals surface area (Å²) in [5.41, 5.74) is 1.48. The predicted molar refractivity (Wildman–Crippen MR) is 130 cm³/mol. The van der Waals surface area contributed by atoms with Crippen LogP contribution in [0.2, 0.25) is 0 Å². The molecule has 0 radical (unpaired) electrons. The third-order valence-electron chi connectivity index (χ3n) is 7.41. The van der Waals surface area contributed by atoms with E-state index >= 15 is 0 Å². The molecule has 4 nitrogen and oxygen atoms in total. The second-order valence-corrected chi connectivity index (χ2v) is 11.2. The molecule has 0 aromatic heterocycles. The summed E-state index contributed by atoms with van der Waals surface area (Å²) in [6, 6.07) is 0. The van der Waals surface area contributed by atoms with Crippen LogP contribution in [0, 0.1) is 23.7 Å². The molecular formula is C26H43NO3S. The number of rotatable bonds is 12. The molecule has 1 aliphatic heterocycles. The first kappa shape index (κ1) is 24.9. The Bertz CT molecular complexity index is 628. The van der Waals surface area contributed by atoms with Gasteiger partial charge in [0.2, 0.25) is 5.91 Å². The number of thioether (sulfide) groups is 1. The molecule has 0 aromatic rings. The molecule has 1 saturated heterocycles. The molecule has 1 saturated carbocycles. The van der Waals surface area contributed by atoms with Crippen LogP contribution in [-0.4, -0.2) is 57.8 Å². The first-order valence-corrected chi connectivity index (χ1v) is 13.7. The molecule has 0 spiro atoms. The Morgan fingerprint density at radius 1 is 1.35 bits per heavy atom. The maximum Gasteiger partial charge on any atom is 0.223 e. The van der Waals surface area contributed by atoms with Crippen molar-refractivity contribution in [1.29, 1.82) is 0 Å². The highest BCUT2D eigenvalue weighted by Gasteiger charge is 2.43. The molecule has 6 atom stereocenters. The normalized spacial score (nSPS) is 30.1. The summed E-state index contributed by atoms with van der Waals surface area (Å²) in [5, 5.41) is 21.0. The number of unbranched alkanes of at least 4 members (excludes halogenated alkanes) is 1. The summed E-state index contributed by atoms with van der Waals surface area (Å²) >= 11 is 1.87. The number of hydrogen-bond acceptors (Lipinski definition) is 4. The van der Waals surface area contributed by atoms with Gasteiger partial charge in [0, 0.05) is 36.9 Å². The van der Waals surface area contributed by atoms with Gasteiger partial charge >= 0.3 is 0 Å². The number of likely N-dealkylation sites (tertiary alicyclic amines) is 1. The van der Waals surface area contributed by atoms with E-state index in [4.69, 9.17) is 0 Å². The van der Waals surface area contributed by atoms with Gasteiger partial charge in [-0.2, -0.15) is 11.8 Å². The number of carbonyl (C=O) groups is 1. The van der Waals surface area contributed by atoms with Crippen molar-refractivity contribution < 1.29 is 15.0 Å². The quantitative estimate of drug-likeness (QED) is 0.332. The van der Waals surface area contributed by atoms with Crippen LogP contribution < -0.4 is 0 Å². The molecule has 2 N–H and O–H groups in total. The molecule has 0 unspecified atom stereocenters. The molecule has 5 heteroatoms. The lowest BCUT2D eigenvalue weighted by atomic mass is 9.88. The molecule has 31 heavy (non-hydrogen) atoms. The highest BCUT2D eigenvalue weighted by atomic mass is 32.2. The van der Waals surface area contributed by atoms with Crippen molar-refractivity contribution in [1.82, 2.24) is 4.90 Å². The standard InChI is InChI=1S/C26H43NO3S/c1-3-4-7-19(2)14-22(28)8-9-23-24-16-20(15-21(24)17-25(23)29)18-31-13-10-26(30)27-11-5-6-12-27/h8-9,15,19,21-25,28-29H,3-7,10-14,16-18H2,1-2H3/b9-8+/t19-,21-,22+,23+,24-,25+/m0/s1. The summed E-state index contributed by atoms with van der Waals surface area (Å²) in [7, 11) is 0. The van der Waals surface area contributed by atoms with Crippen LogP contribution in [0.15, 0.2) is 23.8 Å². The lowest BCUT2D eigenvalue weighted by Gasteiger charge is -2.19. The van der Waals surface area contributed by atoms with Gasteiger partial charge in [0.15, 0.2) is 0 Å². The van der Waals surface area contributed by atoms with Crippen molar-refractivity contribution in [2.45, 2.75) is 83.8 Å². The molecule has 3 rings (SSSR count). The van der Waals surface area contributed by atoms with E-state index < -0.39 is 6.10 Å². The zero-order valence-electron chi connectivity index (χ0n) is 19.5. The second-order valence-electron chi connectivity index (χ2n) is 10.1. The van der Waals surface area contributed by atoms with Gasteiger partial charge in [0.1, 0.15) is 0 Å². The van der Waals surface area contributed by atoms with Gasteiger partial charge in [-0.1, -0.05) is 56.9 Å². The second kappa shape index (κ2) is 12.5. The van der Waals surface area contributed by atoms with Crippen LogP contribution >= 0.6 is 11.8 Å². The van der Waals surface area contributed by atoms with Crippen molar-refractivity contribution in [3.63, 3.8) is 0 Å². The van der Waals surface area contributed by atoms with Crippen LogP contribution in [0.3, 0.4) is 0 Å². The SMILES string of the molecule is CCCC[C@H](C)C[C@H](O)/C=C/[C@@H]1[C@H]2CC(CSCCC(=O)N3CCCC3)=C[C@H]2C[C@H]1O.